The monoisotopic (exact) mass is 1310 g/mol. The third kappa shape index (κ3) is 21.3. The Balaban J connectivity index is 1.10. The number of hydrogen-bond acceptors (Lipinski definition) is 12. The van der Waals surface area contributed by atoms with E-state index in [-0.39, 0.29) is 70.9 Å². The number of nitrogens with one attached hydrogen (secondary N) is 6. The number of amides is 1. The number of alkyl halides is 3. The van der Waals surface area contributed by atoms with Crippen LogP contribution < -0.4 is 31.9 Å². The lowest BCUT2D eigenvalue weighted by atomic mass is 9.74. The Morgan fingerprint density at radius 2 is 1.49 bits per heavy atom. The Kier molecular flexibility index (Phi) is 29.0. The average molecular weight is 1310 g/mol. The number of aryl methyl sites for hydroxylation is 2. The first-order valence-electron chi connectivity index (χ1n) is 36.6. The summed E-state index contributed by atoms with van der Waals surface area (Å²) in [5, 5.41) is 23.8. The molecule has 0 bridgehead atoms. The van der Waals surface area contributed by atoms with E-state index in [4.69, 9.17) is 16.6 Å². The van der Waals surface area contributed by atoms with Crippen LogP contribution in [0.2, 0.25) is 5.02 Å². The van der Waals surface area contributed by atoms with E-state index in [2.05, 4.69) is 176 Å². The van der Waals surface area contributed by atoms with Crippen LogP contribution in [-0.4, -0.2) is 162 Å². The summed E-state index contributed by atoms with van der Waals surface area (Å²) >= 11 is 6.22. The van der Waals surface area contributed by atoms with Crippen LogP contribution in [0, 0.1) is 23.7 Å². The van der Waals surface area contributed by atoms with Crippen molar-refractivity contribution in [3.05, 3.63) is 119 Å². The number of allylic oxidation sites excluding steroid dienone is 3. The Labute approximate surface area is 565 Å². The molecule has 13 nitrogen and oxygen atoms in total. The molecular formula is C76H122ClF3N12O. The Morgan fingerprint density at radius 3 is 2.18 bits per heavy atom. The second-order valence-corrected chi connectivity index (χ2v) is 29.9. The predicted octanol–water partition coefficient (Wildman–Crippen LogP) is 13.9. The van der Waals surface area contributed by atoms with Gasteiger partial charge in [-0.05, 0) is 165 Å². The lowest BCUT2D eigenvalue weighted by Gasteiger charge is -2.60. The van der Waals surface area contributed by atoms with Crippen molar-refractivity contribution in [3.8, 4) is 0 Å². The van der Waals surface area contributed by atoms with E-state index in [1.165, 1.54) is 80.5 Å². The van der Waals surface area contributed by atoms with E-state index in [1.807, 2.05) is 24.7 Å². The molecule has 17 heteroatoms. The van der Waals surface area contributed by atoms with E-state index >= 15 is 0 Å². The van der Waals surface area contributed by atoms with Crippen molar-refractivity contribution < 1.29 is 18.0 Å². The van der Waals surface area contributed by atoms with Gasteiger partial charge in [-0.1, -0.05) is 127 Å². The summed E-state index contributed by atoms with van der Waals surface area (Å²) in [4.78, 5) is 32.0. The predicted molar refractivity (Wildman–Crippen MR) is 381 cm³/mol. The SMILES string of the molecule is CC[C@H](C)[C@H]1CN[C@@H](C)C(C)NCC2[C@@H](C(=O)N3CCCCC3)C(C)N2[C@@H](C(C)C)C(C)NC2(CCCC2)CNCCNC=CC(CCc2ccc(C(F)(F)F)c(Cl)c2)=NC=CN(C)C=C(CC2CCCCC2)N(C)C=C2CCCN2[C@@H](CCc2ccccc2)C(C)N1. The number of carbonyl (C=O) groups is 1. The summed E-state index contributed by atoms with van der Waals surface area (Å²) in [5.74, 6) is 1.72. The summed E-state index contributed by atoms with van der Waals surface area (Å²) in [7, 11) is 4.32. The van der Waals surface area contributed by atoms with Crippen LogP contribution >= 0.6 is 11.6 Å². The smallest absolute Gasteiger partial charge is 0.390 e. The van der Waals surface area contributed by atoms with Gasteiger partial charge < -0.3 is 51.5 Å². The zero-order chi connectivity index (χ0) is 66.7. The number of aliphatic imine (C=N–C) groups is 1. The first kappa shape index (κ1) is 74.4. The molecule has 4 heterocycles. The van der Waals surface area contributed by atoms with Gasteiger partial charge >= 0.3 is 6.18 Å². The van der Waals surface area contributed by atoms with E-state index in [9.17, 15) is 18.0 Å². The average Bonchev–Trinajstić information content (AvgIpc) is 1.09. The molecule has 8 rings (SSSR count). The Morgan fingerprint density at radius 1 is 0.785 bits per heavy atom. The van der Waals surface area contributed by atoms with Crippen molar-refractivity contribution in [2.45, 2.75) is 257 Å². The minimum Gasteiger partial charge on any atom is -0.390 e. The number of rotatable bonds is 12. The maximum atomic E-state index is 14.8. The van der Waals surface area contributed by atoms with Crippen LogP contribution in [-0.2, 0) is 23.8 Å². The molecular weight excluding hydrogens is 1190 g/mol. The van der Waals surface area contributed by atoms with E-state index < -0.39 is 11.7 Å². The maximum Gasteiger partial charge on any atom is 0.417 e. The fraction of sp³-hybridized carbons (Fsp3) is 0.711. The Hall–Kier alpha value is -4.42. The molecule has 0 radical (unpaired) electrons. The van der Waals surface area contributed by atoms with Gasteiger partial charge in [-0.3, -0.25) is 14.7 Å². The van der Waals surface area contributed by atoms with Crippen molar-refractivity contribution in [2.75, 3.05) is 66.5 Å². The van der Waals surface area contributed by atoms with Gasteiger partial charge in [0, 0.05) is 168 Å². The topological polar surface area (TPSA) is 118 Å². The van der Waals surface area contributed by atoms with Gasteiger partial charge in [-0.2, -0.15) is 13.2 Å². The van der Waals surface area contributed by atoms with Gasteiger partial charge in [0.05, 0.1) is 16.5 Å². The molecule has 2 aromatic carbocycles. The molecule has 520 valence electrons. The minimum atomic E-state index is -4.52. The van der Waals surface area contributed by atoms with Gasteiger partial charge in [0.2, 0.25) is 5.91 Å². The highest BCUT2D eigenvalue weighted by Crippen LogP contribution is 2.41. The van der Waals surface area contributed by atoms with E-state index in [1.54, 1.807) is 0 Å². The third-order valence-electron chi connectivity index (χ3n) is 22.2. The number of likely N-dealkylation sites (tertiary alicyclic amines) is 1. The molecule has 0 aromatic heterocycles. The normalized spacial score (nSPS) is 29.2. The third-order valence-corrected chi connectivity index (χ3v) is 22.5. The summed E-state index contributed by atoms with van der Waals surface area (Å²) in [6, 6.07) is 16.8. The fourth-order valence-corrected chi connectivity index (χ4v) is 16.7. The number of nitrogens with zero attached hydrogens (tertiary/aromatic N) is 6. The van der Waals surface area contributed by atoms with Gasteiger partial charge in [-0.25, -0.2) is 0 Å². The first-order chi connectivity index (χ1) is 44.6. The molecule has 5 fully saturated rings. The quantitative estimate of drug-likeness (QED) is 0.122. The second-order valence-electron chi connectivity index (χ2n) is 29.5. The highest BCUT2D eigenvalue weighted by atomic mass is 35.5. The van der Waals surface area contributed by atoms with Gasteiger partial charge in [0.25, 0.3) is 0 Å². The summed E-state index contributed by atoms with van der Waals surface area (Å²) in [6.07, 6.45) is 29.5. The second kappa shape index (κ2) is 36.2. The zero-order valence-electron chi connectivity index (χ0n) is 59.0. The summed E-state index contributed by atoms with van der Waals surface area (Å²) in [5.41, 5.74) is 4.68. The highest BCUT2D eigenvalue weighted by molar-refractivity contribution is 6.31. The number of hydrogen-bond donors (Lipinski definition) is 6. The van der Waals surface area contributed by atoms with E-state index in [0.717, 1.165) is 127 Å². The van der Waals surface area contributed by atoms with Crippen LogP contribution in [0.25, 0.3) is 0 Å². The molecule has 4 aliphatic heterocycles. The molecule has 93 heavy (non-hydrogen) atoms. The molecule has 6 aliphatic rings. The van der Waals surface area contributed by atoms with Gasteiger partial charge in [0.15, 0.2) is 0 Å². The van der Waals surface area contributed by atoms with Crippen molar-refractivity contribution in [2.24, 2.45) is 28.7 Å². The van der Waals surface area contributed by atoms with Gasteiger partial charge in [-0.15, -0.1) is 0 Å². The summed E-state index contributed by atoms with van der Waals surface area (Å²) < 4.78 is 41.2. The largest absolute Gasteiger partial charge is 0.417 e. The van der Waals surface area contributed by atoms with Crippen LogP contribution in [0.4, 0.5) is 13.2 Å². The number of carbonyl (C=O) groups excluding carboxylic acids is 1. The highest BCUT2D eigenvalue weighted by Gasteiger charge is 2.55. The molecule has 1 spiro atoms. The molecule has 11 atom stereocenters. The summed E-state index contributed by atoms with van der Waals surface area (Å²) in [6.45, 7) is 28.0. The number of halogens is 4. The van der Waals surface area contributed by atoms with Gasteiger partial charge in [0.1, 0.15) is 0 Å². The molecule has 3 saturated heterocycles. The molecule has 1 amide bonds. The molecule has 6 N–H and O–H groups in total. The maximum absolute atomic E-state index is 14.8. The van der Waals surface area contributed by atoms with E-state index in [0.29, 0.717) is 43.0 Å². The van der Waals surface area contributed by atoms with Crippen molar-refractivity contribution >= 4 is 23.2 Å². The van der Waals surface area contributed by atoms with Crippen molar-refractivity contribution in [1.29, 1.82) is 0 Å². The minimum absolute atomic E-state index is 0.0434. The number of benzene rings is 2. The van der Waals surface area contributed by atoms with Crippen LogP contribution in [0.3, 0.4) is 0 Å². The standard InChI is InChI=1S/C76H122ClF3N12O/c1-12-55(4)69-49-84-56(5)57(6)85-50-71-72(74(93)90-43-22-15-23-44-90)60(9)92(71)73(54(2)3)59(8)87-75(37-20-21-38-75)53-82-41-40-81-39-36-64(33-30-63-31-34-67(68(77)48-63)76(78,79)80)83-42-46-88(10)51-66(47-62-27-18-14-19-28-62)89(11)52-65-29-24-45-91(65)70(58(7)86-69)35-32-61-25-16-13-17-26-61/h13,16-17,25-26,31,34,36,39,42,46,48,51-52,54-60,62,69-73,81-82,84-87H,12,14-15,18-24,27-30,32-33,35,37-38,40-41,43-45,47,49-50,53H2,1-11H3/t55-,56-,57?,58?,59?,60?,69+,70-,71?,72-,73-/m0/s1. The lowest BCUT2D eigenvalue weighted by Crippen LogP contribution is -2.76. The molecule has 5 unspecified atom stereocenters. The lowest BCUT2D eigenvalue weighted by molar-refractivity contribution is -0.162. The van der Waals surface area contributed by atoms with Crippen LogP contribution in [0.1, 0.15) is 195 Å². The molecule has 2 aromatic rings. The molecule has 2 aliphatic carbocycles. The van der Waals surface area contributed by atoms with Crippen molar-refractivity contribution in [1.82, 2.24) is 56.4 Å². The Bertz CT molecular complexity index is 2740. The first-order valence-corrected chi connectivity index (χ1v) is 37.0. The van der Waals surface area contributed by atoms with Crippen molar-refractivity contribution in [3.63, 3.8) is 0 Å². The zero-order valence-corrected chi connectivity index (χ0v) is 59.7. The molecule has 2 saturated carbocycles. The number of fused-ring (bicyclic) bond motifs is 2. The van der Waals surface area contributed by atoms with Crippen LogP contribution in [0.5, 0.6) is 0 Å². The number of piperidine rings is 1. The van der Waals surface area contributed by atoms with Crippen LogP contribution in [0.15, 0.2) is 102 Å². The fourth-order valence-electron chi connectivity index (χ4n) is 16.4.